The quantitative estimate of drug-likeness (QED) is 0.0186. The topological polar surface area (TPSA) is 488 Å². The van der Waals surface area contributed by atoms with Crippen LogP contribution in [0.15, 0.2) is 97.7 Å². The molecule has 0 spiro atoms. The van der Waals surface area contributed by atoms with Gasteiger partial charge < -0.3 is 70.6 Å². The van der Waals surface area contributed by atoms with Crippen LogP contribution in [-0.2, 0) is 61.6 Å². The number of carboxylic acid groups (broad SMARTS) is 1. The number of carboxylic acids is 1. The number of anilines is 3. The average Bonchev–Trinajstić information content (AvgIpc) is 1.69. The van der Waals surface area contributed by atoms with E-state index < -0.39 is 17.1 Å². The smallest absolute Gasteiger partial charge is 0.870 e. The monoisotopic (exact) mass is 1840 g/mol. The van der Waals surface area contributed by atoms with Gasteiger partial charge >= 0.3 is 48.1 Å². The molecule has 8 aromatic heterocycles. The number of nitrogens with zero attached hydrogens (tertiary/aromatic N) is 14. The number of nitrogens with two attached hydrogens (primary N) is 2. The van der Waals surface area contributed by atoms with Gasteiger partial charge in [0.15, 0.2) is 16.9 Å². The number of carbonyl (C=O) groups excluding carboxylic acids is 6. The molecule has 45 heteroatoms. The zero-order valence-electron chi connectivity index (χ0n) is 67.7. The van der Waals surface area contributed by atoms with E-state index in [-0.39, 0.29) is 76.6 Å². The first-order valence-electron chi connectivity index (χ1n) is 38.6. The number of carbonyl (C=O) groups is 5. The number of hydrogen-bond donors (Lipinski definition) is 5. The number of nitriles is 1. The van der Waals surface area contributed by atoms with Gasteiger partial charge in [-0.3, -0.25) is 14.2 Å². The Kier molecular flexibility index (Phi) is 47.8. The summed E-state index contributed by atoms with van der Waals surface area (Å²) in [5.74, 6) is -0.172. The molecule has 6 aliphatic heterocycles. The Balaban J connectivity index is 0.000000257. The molecule has 6 aliphatic rings. The maximum absolute atomic E-state index is 12.6. The number of ketones is 1. The number of halogens is 7. The van der Waals surface area contributed by atoms with Crippen LogP contribution in [0, 0.1) is 11.3 Å². The number of Topliss-reactive ketones (excluding diaryl/α,β-unsaturated/α-hetero) is 1. The number of unbranched alkanes of at least 4 members (excludes halogenated alkanes) is 1. The Morgan fingerprint density at radius 3 is 1.32 bits per heavy atom. The molecule has 0 aliphatic carbocycles. The fraction of sp³-hybridized carbons (Fsp3) is 0.494. The minimum atomic E-state index is -3.22. The number of nitrogens with one attached hydrogen (secondary N) is 2. The van der Waals surface area contributed by atoms with Crippen molar-refractivity contribution < 1.29 is 105 Å². The van der Waals surface area contributed by atoms with Gasteiger partial charge in [-0.25, -0.2) is 52.7 Å². The fourth-order valence-electron chi connectivity index (χ4n) is 12.6. The standard InChI is InChI=1S/C18H16Cl2N4O2.C15H23N3O3.C14H16ClN3O3.C12H12ClN3O3.C8H13N3O.C5H8O2.C4H8N2.CO2.Cl3OP.Li.H2O/c19-11-1-3-12(4-2-11)23-18(25)15-9-21-17-14(16(15)20)10-22-24(17)13-5-7-26-8-6-13;1-3-12(15(19)21-4-2)11-16-14-5-8-17-18(14)13-6-9-20-10-7-13;1-2-21-14(19)11-7-16-13-10(12(11)15)8-17-18(13)9-3-5-20-6-4-9;13-10-8-6-15-16(7-1-3-19-4-2-7)11(8)14-5-9(10)12(17)18;9-8-1-4-10-11(8)7-2-5-12-6-3-7;6-5-1-3-7-4-2-5;5-3-1-2-4-6;2-1-3;1-5(2,3)4;;/h1-4,9-10,13H,5-8H2,(H,23,25);5,8,11,13,16H,3-4,6-7,9-10H2,1-2H3;7-9H,2-6H2,1H3;5-7H,1-4H2,(H,17,18);1,4,7H,2-3,5-6,9H2;1-4H2;1-3,5H2;;;;1H2/q;;;;;;;;;+1;/p-1/b;12-11-;;;;;;;;;. The van der Waals surface area contributed by atoms with Crippen molar-refractivity contribution in [1.29, 1.82) is 5.26 Å². The Morgan fingerprint density at radius 2 is 0.951 bits per heavy atom. The van der Waals surface area contributed by atoms with E-state index in [4.69, 9.17) is 116 Å². The van der Waals surface area contributed by atoms with Crippen LogP contribution in [0.2, 0.25) is 20.1 Å². The van der Waals surface area contributed by atoms with Crippen molar-refractivity contribution in [2.24, 2.45) is 5.73 Å². The minimum Gasteiger partial charge on any atom is -0.870 e. The molecule has 6 saturated heterocycles. The number of ether oxygens (including phenoxy) is 8. The molecule has 15 rings (SSSR count). The molecule has 122 heavy (non-hydrogen) atoms. The Hall–Kier alpha value is -8.20. The van der Waals surface area contributed by atoms with Crippen LogP contribution in [-0.4, -0.2) is 209 Å². The molecule has 36 nitrogen and oxygen atoms in total. The molecule has 0 radical (unpaired) electrons. The van der Waals surface area contributed by atoms with Crippen LogP contribution < -0.4 is 41.0 Å². The van der Waals surface area contributed by atoms with E-state index in [1.54, 1.807) is 75.3 Å². The van der Waals surface area contributed by atoms with Crippen LogP contribution in [0.25, 0.3) is 33.1 Å². The number of amides is 1. The molecule has 658 valence electrons. The number of hydrogen-bond acceptors (Lipinski definition) is 29. The number of rotatable bonds is 17. The van der Waals surface area contributed by atoms with Gasteiger partial charge in [-0.2, -0.15) is 40.3 Å². The van der Waals surface area contributed by atoms with Gasteiger partial charge in [-0.05, 0) is 161 Å². The van der Waals surface area contributed by atoms with Crippen LogP contribution in [0.3, 0.4) is 0 Å². The molecule has 6 fully saturated rings. The summed E-state index contributed by atoms with van der Waals surface area (Å²) in [6, 6.07) is 14.1. The molecule has 1 aromatic carbocycles. The zero-order chi connectivity index (χ0) is 86.9. The van der Waals surface area contributed by atoms with Gasteiger partial charge in [-0.1, -0.05) is 53.3 Å². The third-order valence-corrected chi connectivity index (χ3v) is 20.1. The van der Waals surface area contributed by atoms with E-state index in [0.717, 1.165) is 122 Å². The summed E-state index contributed by atoms with van der Waals surface area (Å²) >= 11 is 38.6. The summed E-state index contributed by atoms with van der Waals surface area (Å²) in [6.07, 6.45) is 27.2. The maximum atomic E-state index is 12.6. The van der Waals surface area contributed by atoms with Crippen molar-refractivity contribution in [2.45, 2.75) is 147 Å². The largest absolute Gasteiger partial charge is 1.00 e. The summed E-state index contributed by atoms with van der Waals surface area (Å²) in [4.78, 5) is 86.8. The first-order valence-corrected chi connectivity index (χ1v) is 44.5. The van der Waals surface area contributed by atoms with Gasteiger partial charge in [0.05, 0.1) is 147 Å². The molecule has 0 saturated carbocycles. The number of benzene rings is 1. The van der Waals surface area contributed by atoms with Crippen LogP contribution in [0.1, 0.15) is 178 Å². The first kappa shape index (κ1) is 104. The van der Waals surface area contributed by atoms with Crippen molar-refractivity contribution in [3.63, 3.8) is 0 Å². The normalized spacial score (nSPS) is 15.7. The SMILES string of the molecule is CCOC(=O)/C(=C\Nc1ccnn1C1CCOCC1)CC.CCOC(=O)c1cnc2c(cnn2C2CCOCC2)c1Cl.N#CCCCN.Nc1ccnn1C1CCOCC1.O=C(Nc1ccc(Cl)cc1)c1cnc2c(cnn2C2CCOCC2)c1Cl.O=C(O)c1cnc2c(cnn2C2CCOCC2)c1Cl.O=C1CCOCC1.O=C=O.O=P(Cl)(Cl)Cl.[Li+].[OH-]. The van der Waals surface area contributed by atoms with Crippen molar-refractivity contribution in [3.05, 3.63) is 135 Å². The Labute approximate surface area is 750 Å². The number of nitrogen functional groups attached to an aromatic ring is 1. The molecular formula is C77H97Cl7LiN18O18P. The van der Waals surface area contributed by atoms with Gasteiger partial charge in [-0.15, -0.1) is 0 Å². The van der Waals surface area contributed by atoms with E-state index in [9.17, 15) is 28.5 Å². The summed E-state index contributed by atoms with van der Waals surface area (Å²) in [6.45, 7) is 15.5. The molecule has 0 bridgehead atoms. The van der Waals surface area contributed by atoms with Crippen LogP contribution >= 0.6 is 85.3 Å². The summed E-state index contributed by atoms with van der Waals surface area (Å²) in [5.41, 5.74) is 14.6. The van der Waals surface area contributed by atoms with E-state index in [0.29, 0.717) is 168 Å². The molecule has 14 heterocycles. The predicted molar refractivity (Wildman–Crippen MR) is 454 cm³/mol. The van der Waals surface area contributed by atoms with Crippen LogP contribution in [0.5, 0.6) is 0 Å². The second-order valence-corrected chi connectivity index (χ2v) is 34.8. The second kappa shape index (κ2) is 55.9. The average molecular weight is 1850 g/mol. The van der Waals surface area contributed by atoms with Gasteiger partial charge in [0.1, 0.15) is 17.4 Å². The minimum absolute atomic E-state index is 0. The van der Waals surface area contributed by atoms with Gasteiger partial charge in [0.2, 0.25) is 0 Å². The summed E-state index contributed by atoms with van der Waals surface area (Å²) < 4.78 is 60.6. The zero-order valence-corrected chi connectivity index (χ0v) is 73.9. The van der Waals surface area contributed by atoms with Crippen molar-refractivity contribution >= 4 is 171 Å². The molecule has 1 amide bonds. The molecular weight excluding hydrogens is 1750 g/mol. The number of esters is 2. The molecule has 0 unspecified atom stereocenters. The van der Waals surface area contributed by atoms with Gasteiger partial charge in [0, 0.05) is 127 Å². The van der Waals surface area contributed by atoms with E-state index in [1.165, 1.54) is 18.6 Å². The van der Waals surface area contributed by atoms with Crippen LogP contribution in [0.4, 0.5) is 17.3 Å². The fourth-order valence-corrected chi connectivity index (χ4v) is 13.5. The van der Waals surface area contributed by atoms with E-state index >= 15 is 0 Å². The summed E-state index contributed by atoms with van der Waals surface area (Å²) in [7, 11) is 0. The Morgan fingerprint density at radius 1 is 0.574 bits per heavy atom. The first-order chi connectivity index (χ1) is 57.9. The number of fused-ring (bicyclic) bond motifs is 3. The Bertz CT molecular complexity index is 4880. The van der Waals surface area contributed by atoms with E-state index in [1.807, 2.05) is 48.5 Å². The number of aromatic carboxylic acids is 1. The third-order valence-electron chi connectivity index (χ3n) is 18.7. The summed E-state index contributed by atoms with van der Waals surface area (Å²) in [5, 5.41) is 44.7. The number of aromatic nitrogens is 13. The predicted octanol–water partition coefficient (Wildman–Crippen LogP) is 12.1. The van der Waals surface area contributed by atoms with Crippen molar-refractivity contribution in [3.8, 4) is 6.07 Å². The van der Waals surface area contributed by atoms with Crippen molar-refractivity contribution in [2.75, 3.05) is 115 Å². The molecule has 9 aromatic rings. The maximum Gasteiger partial charge on any atom is 1.00 e. The molecule has 0 atom stereocenters. The molecule has 8 N–H and O–H groups in total. The van der Waals surface area contributed by atoms with Crippen molar-refractivity contribution in [1.82, 2.24) is 63.9 Å². The number of pyridine rings is 3. The third kappa shape index (κ3) is 33.0. The second-order valence-electron chi connectivity index (χ2n) is 26.6. The van der Waals surface area contributed by atoms with E-state index in [2.05, 4.69) is 84.8 Å². The van der Waals surface area contributed by atoms with Gasteiger partial charge in [0.25, 0.3) is 5.91 Å².